The van der Waals surface area contributed by atoms with Crippen LogP contribution in [0.1, 0.15) is 23.2 Å². The summed E-state index contributed by atoms with van der Waals surface area (Å²) in [5, 5.41) is 11.7. The molecule has 1 amide bonds. The maximum atomic E-state index is 13.7. The molecule has 2 atom stereocenters. The van der Waals surface area contributed by atoms with Gasteiger partial charge in [0.1, 0.15) is 11.9 Å². The summed E-state index contributed by atoms with van der Waals surface area (Å²) in [6.07, 6.45) is 1.40. The molecule has 1 aromatic carbocycles. The molecular weight excluding hydrogens is 345 g/mol. The van der Waals surface area contributed by atoms with Gasteiger partial charge in [-0.3, -0.25) is 4.79 Å². The van der Waals surface area contributed by atoms with Crippen molar-refractivity contribution in [1.29, 1.82) is 0 Å². The van der Waals surface area contributed by atoms with Crippen LogP contribution in [0, 0.1) is 11.7 Å². The van der Waals surface area contributed by atoms with E-state index in [2.05, 4.69) is 21.2 Å². The SMILES string of the molecule is O=C(NC(C(=O)O)C1CCCOC1)c1cc(Br)ccc1F. The van der Waals surface area contributed by atoms with Crippen molar-refractivity contribution in [3.8, 4) is 0 Å². The summed E-state index contributed by atoms with van der Waals surface area (Å²) in [5.41, 5.74) is -0.188. The fraction of sp³-hybridized carbons (Fsp3) is 0.429. The Morgan fingerprint density at radius 1 is 1.48 bits per heavy atom. The van der Waals surface area contributed by atoms with Crippen LogP contribution in [0.4, 0.5) is 4.39 Å². The number of amides is 1. The standard InChI is InChI=1S/C14H15BrFNO4/c15-9-3-4-11(16)10(6-9)13(18)17-12(14(19)20)8-2-1-5-21-7-8/h3-4,6,8,12H,1-2,5,7H2,(H,17,18)(H,19,20). The molecule has 1 saturated heterocycles. The highest BCUT2D eigenvalue weighted by Gasteiger charge is 2.32. The topological polar surface area (TPSA) is 75.6 Å². The lowest BCUT2D eigenvalue weighted by atomic mass is 9.93. The quantitative estimate of drug-likeness (QED) is 0.863. The molecule has 1 aliphatic heterocycles. The number of hydrogen-bond donors (Lipinski definition) is 2. The van der Waals surface area contributed by atoms with Crippen molar-refractivity contribution in [1.82, 2.24) is 5.32 Å². The molecule has 0 spiro atoms. The van der Waals surface area contributed by atoms with Gasteiger partial charge in [0.15, 0.2) is 0 Å². The number of carbonyl (C=O) groups excluding carboxylic acids is 1. The van der Waals surface area contributed by atoms with E-state index in [-0.39, 0.29) is 18.1 Å². The molecule has 0 aromatic heterocycles. The Labute approximate surface area is 129 Å². The van der Waals surface area contributed by atoms with Crippen LogP contribution >= 0.6 is 15.9 Å². The van der Waals surface area contributed by atoms with Gasteiger partial charge in [0.2, 0.25) is 0 Å². The summed E-state index contributed by atoms with van der Waals surface area (Å²) in [5.74, 6) is -2.89. The maximum Gasteiger partial charge on any atom is 0.326 e. The third-order valence-electron chi connectivity index (χ3n) is 3.39. The van der Waals surface area contributed by atoms with Gasteiger partial charge in [-0.25, -0.2) is 9.18 Å². The lowest BCUT2D eigenvalue weighted by Gasteiger charge is -2.28. The van der Waals surface area contributed by atoms with Crippen LogP contribution in [0.2, 0.25) is 0 Å². The fourth-order valence-corrected chi connectivity index (χ4v) is 2.66. The molecule has 7 heteroatoms. The molecule has 0 radical (unpaired) electrons. The Morgan fingerprint density at radius 3 is 2.86 bits per heavy atom. The van der Waals surface area contributed by atoms with Crippen LogP contribution in [0.3, 0.4) is 0 Å². The fourth-order valence-electron chi connectivity index (χ4n) is 2.30. The van der Waals surface area contributed by atoms with Crippen LogP contribution in [0.5, 0.6) is 0 Å². The predicted molar refractivity (Wildman–Crippen MR) is 76.5 cm³/mol. The zero-order valence-corrected chi connectivity index (χ0v) is 12.7. The van der Waals surface area contributed by atoms with Crippen molar-refractivity contribution in [2.24, 2.45) is 5.92 Å². The molecule has 21 heavy (non-hydrogen) atoms. The van der Waals surface area contributed by atoms with Crippen molar-refractivity contribution in [3.63, 3.8) is 0 Å². The van der Waals surface area contributed by atoms with Crippen molar-refractivity contribution in [3.05, 3.63) is 34.1 Å². The second kappa shape index (κ2) is 7.00. The smallest absolute Gasteiger partial charge is 0.326 e. The number of carbonyl (C=O) groups is 2. The van der Waals surface area contributed by atoms with E-state index < -0.39 is 23.7 Å². The van der Waals surface area contributed by atoms with Crippen molar-refractivity contribution in [2.75, 3.05) is 13.2 Å². The lowest BCUT2D eigenvalue weighted by Crippen LogP contribution is -2.48. The van der Waals surface area contributed by atoms with E-state index >= 15 is 0 Å². The average Bonchev–Trinajstić information content (AvgIpc) is 2.47. The van der Waals surface area contributed by atoms with Gasteiger partial charge in [0.25, 0.3) is 5.91 Å². The summed E-state index contributed by atoms with van der Waals surface area (Å²) >= 11 is 3.15. The molecule has 1 heterocycles. The maximum absolute atomic E-state index is 13.7. The number of rotatable bonds is 4. The monoisotopic (exact) mass is 359 g/mol. The van der Waals surface area contributed by atoms with Crippen molar-refractivity contribution >= 4 is 27.8 Å². The third-order valence-corrected chi connectivity index (χ3v) is 3.89. The highest BCUT2D eigenvalue weighted by atomic mass is 79.9. The summed E-state index contributed by atoms with van der Waals surface area (Å²) in [4.78, 5) is 23.4. The minimum Gasteiger partial charge on any atom is -0.480 e. The van der Waals surface area contributed by atoms with Gasteiger partial charge in [0, 0.05) is 17.0 Å². The number of benzene rings is 1. The van der Waals surface area contributed by atoms with Crippen molar-refractivity contribution in [2.45, 2.75) is 18.9 Å². The molecule has 2 unspecified atom stereocenters. The second-order valence-corrected chi connectivity index (χ2v) is 5.81. The van der Waals surface area contributed by atoms with E-state index in [1.165, 1.54) is 12.1 Å². The molecule has 114 valence electrons. The minimum atomic E-state index is -1.14. The van der Waals surface area contributed by atoms with Crippen LogP contribution in [0.25, 0.3) is 0 Å². The summed E-state index contributed by atoms with van der Waals surface area (Å²) in [6.45, 7) is 0.870. The number of carboxylic acid groups (broad SMARTS) is 1. The van der Waals surface area contributed by atoms with Crippen LogP contribution in [-0.2, 0) is 9.53 Å². The highest BCUT2D eigenvalue weighted by molar-refractivity contribution is 9.10. The molecule has 0 saturated carbocycles. The number of carboxylic acids is 1. The van der Waals surface area contributed by atoms with E-state index in [1.807, 2.05) is 0 Å². The third kappa shape index (κ3) is 4.01. The van der Waals surface area contributed by atoms with Crippen LogP contribution in [-0.4, -0.2) is 36.2 Å². The summed E-state index contributed by atoms with van der Waals surface area (Å²) in [7, 11) is 0. The van der Waals surface area contributed by atoms with Crippen LogP contribution < -0.4 is 5.32 Å². The van der Waals surface area contributed by atoms with E-state index in [1.54, 1.807) is 0 Å². The Kier molecular flexibility index (Phi) is 5.30. The van der Waals surface area contributed by atoms with Gasteiger partial charge >= 0.3 is 5.97 Å². The first-order valence-corrected chi connectivity index (χ1v) is 7.35. The highest BCUT2D eigenvalue weighted by Crippen LogP contribution is 2.20. The molecule has 1 fully saturated rings. The zero-order valence-electron chi connectivity index (χ0n) is 11.1. The zero-order chi connectivity index (χ0) is 15.4. The Balaban J connectivity index is 2.14. The summed E-state index contributed by atoms with van der Waals surface area (Å²) < 4.78 is 19.5. The molecule has 1 aliphatic rings. The first-order valence-electron chi connectivity index (χ1n) is 6.55. The van der Waals surface area contributed by atoms with E-state index in [9.17, 15) is 19.1 Å². The van der Waals surface area contributed by atoms with E-state index in [0.717, 1.165) is 12.5 Å². The molecule has 2 N–H and O–H groups in total. The van der Waals surface area contributed by atoms with Gasteiger partial charge < -0.3 is 15.2 Å². The van der Waals surface area contributed by atoms with Gasteiger partial charge in [-0.2, -0.15) is 0 Å². The molecular formula is C14H15BrFNO4. The van der Waals surface area contributed by atoms with Gasteiger partial charge in [-0.05, 0) is 31.0 Å². The molecule has 0 aliphatic carbocycles. The Morgan fingerprint density at radius 2 is 2.24 bits per heavy atom. The van der Waals surface area contributed by atoms with Gasteiger partial charge in [-0.15, -0.1) is 0 Å². The number of ether oxygens (including phenoxy) is 1. The van der Waals surface area contributed by atoms with Crippen molar-refractivity contribution < 1.29 is 23.8 Å². The summed E-state index contributed by atoms with van der Waals surface area (Å²) in [6, 6.07) is 2.85. The largest absolute Gasteiger partial charge is 0.480 e. The molecule has 1 aromatic rings. The lowest BCUT2D eigenvalue weighted by molar-refractivity contribution is -0.142. The Bertz CT molecular complexity index is 546. The number of halogens is 2. The van der Waals surface area contributed by atoms with E-state index in [0.29, 0.717) is 17.5 Å². The first kappa shape index (κ1) is 15.9. The predicted octanol–water partition coefficient (Wildman–Crippen LogP) is 2.20. The minimum absolute atomic E-state index is 0.188. The van der Waals surface area contributed by atoms with Crippen LogP contribution in [0.15, 0.2) is 22.7 Å². The molecule has 0 bridgehead atoms. The van der Waals surface area contributed by atoms with Gasteiger partial charge in [0.05, 0.1) is 12.2 Å². The van der Waals surface area contributed by atoms with E-state index in [4.69, 9.17) is 4.74 Å². The number of aliphatic carboxylic acids is 1. The normalized spacial score (nSPS) is 19.8. The molecule has 2 rings (SSSR count). The average molecular weight is 360 g/mol. The second-order valence-electron chi connectivity index (χ2n) is 4.89. The number of hydrogen-bond acceptors (Lipinski definition) is 3. The number of nitrogens with one attached hydrogen (secondary N) is 1. The van der Waals surface area contributed by atoms with Gasteiger partial charge in [-0.1, -0.05) is 15.9 Å². The molecule has 5 nitrogen and oxygen atoms in total. The Hall–Kier alpha value is -1.47. The first-order chi connectivity index (χ1) is 9.99.